The van der Waals surface area contributed by atoms with E-state index in [9.17, 15) is 14.3 Å². The van der Waals surface area contributed by atoms with Crippen molar-refractivity contribution < 1.29 is 14.3 Å². The van der Waals surface area contributed by atoms with Gasteiger partial charge in [0.25, 0.3) is 0 Å². The highest BCUT2D eigenvalue weighted by Crippen LogP contribution is 2.24. The van der Waals surface area contributed by atoms with Gasteiger partial charge >= 0.3 is 5.97 Å². The smallest absolute Gasteiger partial charge is 0.352 e. The number of aryl methyl sites for hydroxylation is 1. The molecule has 0 spiro atoms. The molecule has 0 radical (unpaired) electrons. The van der Waals surface area contributed by atoms with Gasteiger partial charge in [-0.05, 0) is 59.7 Å². The van der Waals surface area contributed by atoms with Crippen molar-refractivity contribution in [2.45, 2.75) is 19.9 Å². The number of carboxylic acids is 1. The Bertz CT molecular complexity index is 636. The van der Waals surface area contributed by atoms with Gasteiger partial charge in [-0.15, -0.1) is 0 Å². The molecule has 0 aliphatic carbocycles. The molecule has 0 aliphatic rings. The number of aromatic carboxylic acids is 1. The van der Waals surface area contributed by atoms with E-state index in [1.54, 1.807) is 29.8 Å². The summed E-state index contributed by atoms with van der Waals surface area (Å²) in [6.45, 7) is 3.55. The number of carbonyl (C=O) groups is 1. The van der Waals surface area contributed by atoms with Crippen molar-refractivity contribution in [3.63, 3.8) is 0 Å². The Morgan fingerprint density at radius 1 is 1.42 bits per heavy atom. The summed E-state index contributed by atoms with van der Waals surface area (Å²) in [6, 6.07) is 6.35. The lowest BCUT2D eigenvalue weighted by molar-refractivity contribution is 0.0684. The fourth-order valence-electron chi connectivity index (χ4n) is 1.97. The van der Waals surface area contributed by atoms with Gasteiger partial charge in [0.2, 0.25) is 0 Å². The van der Waals surface area contributed by atoms with E-state index in [1.807, 2.05) is 13.0 Å². The van der Waals surface area contributed by atoms with Crippen molar-refractivity contribution in [2.75, 3.05) is 0 Å². The molecule has 1 heterocycles. The van der Waals surface area contributed by atoms with Crippen molar-refractivity contribution in [1.29, 1.82) is 0 Å². The van der Waals surface area contributed by atoms with Gasteiger partial charge in [0.15, 0.2) is 0 Å². The molecule has 0 saturated carbocycles. The van der Waals surface area contributed by atoms with Gasteiger partial charge in [-0.25, -0.2) is 9.18 Å². The van der Waals surface area contributed by atoms with Gasteiger partial charge in [0, 0.05) is 9.77 Å². The van der Waals surface area contributed by atoms with Crippen LogP contribution < -0.4 is 0 Å². The minimum Gasteiger partial charge on any atom is -0.477 e. The summed E-state index contributed by atoms with van der Waals surface area (Å²) in [5.41, 5.74) is 1.53. The molecule has 0 aliphatic heterocycles. The van der Waals surface area contributed by atoms with Crippen LogP contribution in [0.15, 0.2) is 30.5 Å². The number of nitrogens with zero attached hydrogens (tertiary/aromatic N) is 1. The number of hydrogen-bond acceptors (Lipinski definition) is 1. The average molecular weight is 373 g/mol. The van der Waals surface area contributed by atoms with Crippen LogP contribution in [0.3, 0.4) is 0 Å². The summed E-state index contributed by atoms with van der Waals surface area (Å²) in [5, 5.41) is 9.18. The Morgan fingerprint density at radius 2 is 2.11 bits per heavy atom. The maximum absolute atomic E-state index is 13.6. The van der Waals surface area contributed by atoms with Gasteiger partial charge < -0.3 is 9.67 Å². The van der Waals surface area contributed by atoms with Crippen LogP contribution in [0.1, 0.15) is 34.6 Å². The maximum Gasteiger partial charge on any atom is 0.352 e. The number of aromatic nitrogens is 1. The average Bonchev–Trinajstić information content (AvgIpc) is 2.74. The summed E-state index contributed by atoms with van der Waals surface area (Å²) in [5.74, 6) is -1.26. The van der Waals surface area contributed by atoms with Gasteiger partial charge in [-0.2, -0.15) is 0 Å². The topological polar surface area (TPSA) is 42.2 Å². The molecule has 0 amide bonds. The molecule has 0 fully saturated rings. The molecule has 3 nitrogen and oxygen atoms in total. The van der Waals surface area contributed by atoms with E-state index in [4.69, 9.17) is 0 Å². The summed E-state index contributed by atoms with van der Waals surface area (Å²) >= 11 is 2.07. The molecule has 0 saturated heterocycles. The lowest BCUT2D eigenvalue weighted by Crippen LogP contribution is -2.13. The number of halogens is 2. The van der Waals surface area contributed by atoms with Crippen molar-refractivity contribution in [1.82, 2.24) is 4.57 Å². The largest absolute Gasteiger partial charge is 0.477 e. The first kappa shape index (κ1) is 14.0. The van der Waals surface area contributed by atoms with E-state index in [1.165, 1.54) is 6.07 Å². The third kappa shape index (κ3) is 2.80. The van der Waals surface area contributed by atoms with Crippen LogP contribution >= 0.6 is 22.6 Å². The number of benzene rings is 1. The Kier molecular flexibility index (Phi) is 3.93. The standard InChI is InChI=1S/C14H13FINO2/c1-8-3-4-10(5-12(8)15)9(2)17-7-11(16)6-13(17)14(18)19/h3-7,9H,1-2H3,(H,18,19). The van der Waals surface area contributed by atoms with Crippen molar-refractivity contribution in [3.05, 3.63) is 56.7 Å². The van der Waals surface area contributed by atoms with Crippen LogP contribution in [0.2, 0.25) is 0 Å². The predicted octanol–water partition coefficient (Wildman–Crippen LogP) is 3.85. The fraction of sp³-hybridized carbons (Fsp3) is 0.214. The molecule has 1 atom stereocenters. The first-order valence-corrected chi connectivity index (χ1v) is 6.84. The molecule has 0 bridgehead atoms. The highest BCUT2D eigenvalue weighted by Gasteiger charge is 2.17. The monoisotopic (exact) mass is 373 g/mol. The van der Waals surface area contributed by atoms with E-state index in [0.717, 1.165) is 9.13 Å². The molecule has 1 aromatic carbocycles. The zero-order valence-electron chi connectivity index (χ0n) is 10.5. The SMILES string of the molecule is Cc1ccc(C(C)n2cc(I)cc2C(=O)O)cc1F. The molecule has 2 aromatic rings. The minimum absolute atomic E-state index is 0.206. The molecule has 5 heteroatoms. The number of rotatable bonds is 3. The Morgan fingerprint density at radius 3 is 2.68 bits per heavy atom. The van der Waals surface area contributed by atoms with Gasteiger partial charge in [-0.1, -0.05) is 12.1 Å². The molecule has 1 aromatic heterocycles. The van der Waals surface area contributed by atoms with Crippen LogP contribution in [0.5, 0.6) is 0 Å². The summed E-state index contributed by atoms with van der Waals surface area (Å²) in [4.78, 5) is 11.2. The summed E-state index contributed by atoms with van der Waals surface area (Å²) < 4.78 is 16.1. The predicted molar refractivity (Wildman–Crippen MR) is 79.1 cm³/mol. The van der Waals surface area contributed by atoms with Crippen LogP contribution in [-0.2, 0) is 0 Å². The van der Waals surface area contributed by atoms with Gasteiger partial charge in [-0.3, -0.25) is 0 Å². The molecule has 1 unspecified atom stereocenters. The van der Waals surface area contributed by atoms with E-state index < -0.39 is 5.97 Å². The highest BCUT2D eigenvalue weighted by atomic mass is 127. The second-order valence-corrected chi connectivity index (χ2v) is 5.69. The molecule has 2 rings (SSSR count). The quantitative estimate of drug-likeness (QED) is 0.831. The third-order valence-corrected chi connectivity index (χ3v) is 3.72. The maximum atomic E-state index is 13.6. The number of carboxylic acid groups (broad SMARTS) is 1. The van der Waals surface area contributed by atoms with Crippen LogP contribution in [0, 0.1) is 16.3 Å². The Hall–Kier alpha value is -1.37. The van der Waals surface area contributed by atoms with E-state index in [0.29, 0.717) is 5.56 Å². The highest BCUT2D eigenvalue weighted by molar-refractivity contribution is 14.1. The molecule has 100 valence electrons. The molecular formula is C14H13FINO2. The molecule has 1 N–H and O–H groups in total. The first-order valence-electron chi connectivity index (χ1n) is 5.77. The second-order valence-electron chi connectivity index (χ2n) is 4.44. The van der Waals surface area contributed by atoms with E-state index in [-0.39, 0.29) is 17.6 Å². The molecular weight excluding hydrogens is 360 g/mol. The summed E-state index contributed by atoms with van der Waals surface area (Å²) in [6.07, 6.45) is 1.76. The lowest BCUT2D eigenvalue weighted by atomic mass is 10.1. The van der Waals surface area contributed by atoms with E-state index >= 15 is 0 Å². The van der Waals surface area contributed by atoms with Crippen LogP contribution in [0.25, 0.3) is 0 Å². The zero-order chi connectivity index (χ0) is 14.2. The van der Waals surface area contributed by atoms with Crippen molar-refractivity contribution in [2.24, 2.45) is 0 Å². The summed E-state index contributed by atoms with van der Waals surface area (Å²) in [7, 11) is 0. The van der Waals surface area contributed by atoms with Gasteiger partial charge in [0.1, 0.15) is 11.5 Å². The Labute approximate surface area is 124 Å². The van der Waals surface area contributed by atoms with Gasteiger partial charge in [0.05, 0.1) is 6.04 Å². The van der Waals surface area contributed by atoms with Crippen molar-refractivity contribution >= 4 is 28.6 Å². The molecule has 19 heavy (non-hydrogen) atoms. The van der Waals surface area contributed by atoms with Crippen LogP contribution in [0.4, 0.5) is 4.39 Å². The third-order valence-electron chi connectivity index (χ3n) is 3.13. The zero-order valence-corrected chi connectivity index (χ0v) is 12.7. The number of hydrogen-bond donors (Lipinski definition) is 1. The lowest BCUT2D eigenvalue weighted by Gasteiger charge is -2.16. The van der Waals surface area contributed by atoms with Crippen LogP contribution in [-0.4, -0.2) is 15.6 Å². The fourth-order valence-corrected chi connectivity index (χ4v) is 2.56. The second kappa shape index (κ2) is 5.32. The normalized spacial score (nSPS) is 12.4. The minimum atomic E-state index is -0.984. The van der Waals surface area contributed by atoms with E-state index in [2.05, 4.69) is 22.6 Å². The Balaban J connectivity index is 2.46. The van der Waals surface area contributed by atoms with Crippen molar-refractivity contribution in [3.8, 4) is 0 Å². The first-order chi connectivity index (χ1) is 8.90.